The van der Waals surface area contributed by atoms with Crippen molar-refractivity contribution in [2.75, 3.05) is 5.32 Å². The first-order chi connectivity index (χ1) is 13.1. The maximum absolute atomic E-state index is 12.3. The molecule has 0 spiro atoms. The van der Waals surface area contributed by atoms with Gasteiger partial charge in [-0.2, -0.15) is 0 Å². The average molecular weight is 362 g/mol. The minimum Gasteiger partial charge on any atom is -0.457 e. The Morgan fingerprint density at radius 2 is 1.63 bits per heavy atom. The lowest BCUT2D eigenvalue weighted by Crippen LogP contribution is -2.14. The lowest BCUT2D eigenvalue weighted by Gasteiger charge is -2.10. The van der Waals surface area contributed by atoms with Crippen molar-refractivity contribution in [1.29, 1.82) is 0 Å². The summed E-state index contributed by atoms with van der Waals surface area (Å²) in [4.78, 5) is 27.5. The Balaban J connectivity index is 1.60. The SMILES string of the molecule is CC(=O)Nc1ncccc1C(=O)OCc1ccc(Oc2ccccc2)cc1. The summed E-state index contributed by atoms with van der Waals surface area (Å²) in [6, 6.07) is 19.9. The Kier molecular flexibility index (Phi) is 5.79. The minimum atomic E-state index is -0.559. The number of rotatable bonds is 6. The number of nitrogens with one attached hydrogen (secondary N) is 1. The second-order valence-electron chi connectivity index (χ2n) is 5.72. The Bertz CT molecular complexity index is 924. The van der Waals surface area contributed by atoms with Crippen LogP contribution in [0.2, 0.25) is 0 Å². The van der Waals surface area contributed by atoms with Crippen molar-refractivity contribution in [3.05, 3.63) is 84.1 Å². The van der Waals surface area contributed by atoms with Crippen molar-refractivity contribution in [3.63, 3.8) is 0 Å². The molecule has 0 aliphatic carbocycles. The van der Waals surface area contributed by atoms with E-state index in [1.165, 1.54) is 13.1 Å². The minimum absolute atomic E-state index is 0.0961. The number of ether oxygens (including phenoxy) is 2. The van der Waals surface area contributed by atoms with Crippen LogP contribution in [0.4, 0.5) is 5.82 Å². The molecular weight excluding hydrogens is 344 g/mol. The molecule has 1 N–H and O–H groups in total. The van der Waals surface area contributed by atoms with E-state index in [9.17, 15) is 9.59 Å². The summed E-state index contributed by atoms with van der Waals surface area (Å²) >= 11 is 0. The highest BCUT2D eigenvalue weighted by Gasteiger charge is 2.14. The third-order valence-corrected chi connectivity index (χ3v) is 3.59. The molecule has 0 fully saturated rings. The number of hydrogen-bond donors (Lipinski definition) is 1. The molecule has 136 valence electrons. The molecule has 0 radical (unpaired) electrons. The number of para-hydroxylation sites is 1. The van der Waals surface area contributed by atoms with Crippen molar-refractivity contribution in [1.82, 2.24) is 4.98 Å². The fourth-order valence-electron chi connectivity index (χ4n) is 2.34. The van der Waals surface area contributed by atoms with Gasteiger partial charge in [0.25, 0.3) is 0 Å². The first-order valence-corrected chi connectivity index (χ1v) is 8.33. The summed E-state index contributed by atoms with van der Waals surface area (Å²) in [5.74, 6) is 0.755. The molecule has 6 heteroatoms. The van der Waals surface area contributed by atoms with Gasteiger partial charge in [-0.15, -0.1) is 0 Å². The van der Waals surface area contributed by atoms with Gasteiger partial charge in [0.15, 0.2) is 0 Å². The average Bonchev–Trinajstić information content (AvgIpc) is 2.68. The van der Waals surface area contributed by atoms with E-state index in [1.54, 1.807) is 12.1 Å². The van der Waals surface area contributed by atoms with Gasteiger partial charge in [-0.1, -0.05) is 30.3 Å². The van der Waals surface area contributed by atoms with Gasteiger partial charge in [0.05, 0.1) is 0 Å². The molecule has 1 heterocycles. The zero-order valence-corrected chi connectivity index (χ0v) is 14.7. The maximum Gasteiger partial charge on any atom is 0.342 e. The van der Waals surface area contributed by atoms with E-state index < -0.39 is 5.97 Å². The van der Waals surface area contributed by atoms with Crippen LogP contribution < -0.4 is 10.1 Å². The summed E-state index contributed by atoms with van der Waals surface area (Å²) < 4.78 is 11.0. The number of amides is 1. The second-order valence-corrected chi connectivity index (χ2v) is 5.72. The number of pyridine rings is 1. The lowest BCUT2D eigenvalue weighted by atomic mass is 10.2. The quantitative estimate of drug-likeness (QED) is 0.665. The molecule has 0 aliphatic rings. The van der Waals surface area contributed by atoms with Crippen LogP contribution in [0, 0.1) is 0 Å². The molecule has 0 bridgehead atoms. The largest absolute Gasteiger partial charge is 0.457 e. The highest BCUT2D eigenvalue weighted by atomic mass is 16.5. The van der Waals surface area contributed by atoms with Gasteiger partial charge in [-0.25, -0.2) is 9.78 Å². The number of nitrogens with zero attached hydrogens (tertiary/aromatic N) is 1. The first kappa shape index (κ1) is 18.1. The van der Waals surface area contributed by atoms with Gasteiger partial charge in [0.1, 0.15) is 29.5 Å². The predicted octanol–water partition coefficient (Wildman–Crippen LogP) is 4.19. The van der Waals surface area contributed by atoms with Crippen LogP contribution in [-0.2, 0) is 16.1 Å². The van der Waals surface area contributed by atoms with Crippen molar-refractivity contribution in [2.45, 2.75) is 13.5 Å². The summed E-state index contributed by atoms with van der Waals surface area (Å²) in [5, 5.41) is 2.52. The van der Waals surface area contributed by atoms with E-state index in [4.69, 9.17) is 9.47 Å². The third-order valence-electron chi connectivity index (χ3n) is 3.59. The smallest absolute Gasteiger partial charge is 0.342 e. The van der Waals surface area contributed by atoms with E-state index >= 15 is 0 Å². The summed E-state index contributed by atoms with van der Waals surface area (Å²) in [5.41, 5.74) is 1.02. The molecule has 3 rings (SSSR count). The van der Waals surface area contributed by atoms with E-state index in [0.29, 0.717) is 5.75 Å². The summed E-state index contributed by atoms with van der Waals surface area (Å²) in [7, 11) is 0. The Labute approximate surface area is 156 Å². The predicted molar refractivity (Wildman–Crippen MR) is 101 cm³/mol. The van der Waals surface area contributed by atoms with Gasteiger partial charge >= 0.3 is 5.97 Å². The van der Waals surface area contributed by atoms with E-state index in [1.807, 2.05) is 54.6 Å². The van der Waals surface area contributed by atoms with Crippen LogP contribution in [0.5, 0.6) is 11.5 Å². The van der Waals surface area contributed by atoms with Crippen LogP contribution in [0.1, 0.15) is 22.8 Å². The molecule has 1 amide bonds. The zero-order chi connectivity index (χ0) is 19.1. The molecule has 3 aromatic rings. The van der Waals surface area contributed by atoms with Crippen molar-refractivity contribution in [2.24, 2.45) is 0 Å². The summed E-state index contributed by atoms with van der Waals surface area (Å²) in [6.07, 6.45) is 1.49. The molecule has 0 aliphatic heterocycles. The summed E-state index contributed by atoms with van der Waals surface area (Å²) in [6.45, 7) is 1.45. The van der Waals surface area contributed by atoms with Crippen LogP contribution in [0.3, 0.4) is 0 Å². The van der Waals surface area contributed by atoms with Gasteiger partial charge in [-0.3, -0.25) is 4.79 Å². The van der Waals surface area contributed by atoms with E-state index in [-0.39, 0.29) is 23.9 Å². The highest BCUT2D eigenvalue weighted by Crippen LogP contribution is 2.21. The highest BCUT2D eigenvalue weighted by molar-refractivity contribution is 5.99. The monoisotopic (exact) mass is 362 g/mol. The zero-order valence-electron chi connectivity index (χ0n) is 14.7. The first-order valence-electron chi connectivity index (χ1n) is 8.33. The van der Waals surface area contributed by atoms with Crippen LogP contribution >= 0.6 is 0 Å². The number of esters is 1. The number of carbonyl (C=O) groups excluding carboxylic acids is 2. The number of aromatic nitrogens is 1. The molecule has 0 saturated carbocycles. The molecule has 27 heavy (non-hydrogen) atoms. The van der Waals surface area contributed by atoms with E-state index in [2.05, 4.69) is 10.3 Å². The number of benzene rings is 2. The number of anilines is 1. The van der Waals surface area contributed by atoms with Crippen molar-refractivity contribution >= 4 is 17.7 Å². The fourth-order valence-corrected chi connectivity index (χ4v) is 2.34. The van der Waals surface area contributed by atoms with Crippen LogP contribution in [-0.4, -0.2) is 16.9 Å². The van der Waals surface area contributed by atoms with Gasteiger partial charge in [0.2, 0.25) is 5.91 Å². The normalized spacial score (nSPS) is 10.1. The molecule has 0 atom stereocenters. The van der Waals surface area contributed by atoms with Gasteiger partial charge < -0.3 is 14.8 Å². The lowest BCUT2D eigenvalue weighted by molar-refractivity contribution is -0.114. The Morgan fingerprint density at radius 3 is 2.33 bits per heavy atom. The number of hydrogen-bond acceptors (Lipinski definition) is 5. The maximum atomic E-state index is 12.3. The van der Waals surface area contributed by atoms with Gasteiger partial charge in [0, 0.05) is 13.1 Å². The molecular formula is C21H18N2O4. The molecule has 2 aromatic carbocycles. The van der Waals surface area contributed by atoms with Crippen molar-refractivity contribution in [3.8, 4) is 11.5 Å². The molecule has 6 nitrogen and oxygen atoms in total. The van der Waals surface area contributed by atoms with Gasteiger partial charge in [-0.05, 0) is 42.0 Å². The topological polar surface area (TPSA) is 77.5 Å². The second kappa shape index (κ2) is 8.62. The van der Waals surface area contributed by atoms with Crippen LogP contribution in [0.25, 0.3) is 0 Å². The molecule has 1 aromatic heterocycles. The van der Waals surface area contributed by atoms with E-state index in [0.717, 1.165) is 11.3 Å². The Morgan fingerprint density at radius 1 is 0.926 bits per heavy atom. The van der Waals surface area contributed by atoms with Crippen molar-refractivity contribution < 1.29 is 19.1 Å². The van der Waals surface area contributed by atoms with Crippen LogP contribution in [0.15, 0.2) is 72.9 Å². The molecule has 0 saturated heterocycles. The third kappa shape index (κ3) is 5.15. The standard InChI is InChI=1S/C21H18N2O4/c1-15(24)23-20-19(8-5-13-22-20)21(25)26-14-16-9-11-18(12-10-16)27-17-6-3-2-4-7-17/h2-13H,14H2,1H3,(H,22,23,24). The fraction of sp³-hybridized carbons (Fsp3) is 0.0952. The number of carbonyl (C=O) groups is 2. The molecule has 0 unspecified atom stereocenters. The Hall–Kier alpha value is -3.67.